The van der Waals surface area contributed by atoms with Crippen LogP contribution in [0.3, 0.4) is 0 Å². The van der Waals surface area contributed by atoms with Crippen LogP contribution in [-0.2, 0) is 6.54 Å². The van der Waals surface area contributed by atoms with Gasteiger partial charge in [-0.3, -0.25) is 9.58 Å². The van der Waals surface area contributed by atoms with Gasteiger partial charge in [-0.15, -0.1) is 5.10 Å². The summed E-state index contributed by atoms with van der Waals surface area (Å²) in [7, 11) is 0. The Balaban J connectivity index is 1.64. The van der Waals surface area contributed by atoms with E-state index in [-0.39, 0.29) is 0 Å². The smallest absolute Gasteiger partial charge is 0.232 e. The average molecular weight is 296 g/mol. The fourth-order valence-corrected chi connectivity index (χ4v) is 2.49. The van der Waals surface area contributed by atoms with Gasteiger partial charge in [0, 0.05) is 51.5 Å². The molecule has 2 N–H and O–H groups in total. The quantitative estimate of drug-likeness (QED) is 0.658. The molecule has 1 aliphatic rings. The Morgan fingerprint density at radius 1 is 1.38 bits per heavy atom. The summed E-state index contributed by atoms with van der Waals surface area (Å²) >= 11 is 0. The fraction of sp³-hybridized carbons (Fsp3) is 0.800. The van der Waals surface area contributed by atoms with E-state index in [4.69, 9.17) is 4.74 Å². The molecule has 1 unspecified atom stereocenters. The number of rotatable bonds is 9. The zero-order chi connectivity index (χ0) is 14.9. The van der Waals surface area contributed by atoms with Crippen LogP contribution in [0.2, 0.25) is 0 Å². The normalized spacial score (nSPS) is 17.8. The topological polar surface area (TPSA) is 62.6 Å². The van der Waals surface area contributed by atoms with Crippen molar-refractivity contribution >= 4 is 0 Å². The van der Waals surface area contributed by atoms with Gasteiger partial charge in [-0.1, -0.05) is 19.8 Å². The molecule has 1 atom stereocenters. The first kappa shape index (κ1) is 16.3. The highest BCUT2D eigenvalue weighted by Crippen LogP contribution is 2.08. The summed E-state index contributed by atoms with van der Waals surface area (Å²) in [6, 6.07) is 1.86. The Morgan fingerprint density at radius 3 is 2.95 bits per heavy atom. The number of nitrogens with zero attached hydrogens (tertiary/aromatic N) is 3. The molecule has 0 saturated carbocycles. The largest absolute Gasteiger partial charge is 0.474 e. The van der Waals surface area contributed by atoms with Gasteiger partial charge in [-0.25, -0.2) is 0 Å². The van der Waals surface area contributed by atoms with E-state index in [1.54, 1.807) is 0 Å². The maximum absolute atomic E-state index is 10.0. The number of β-amino-alcohol motifs (C(OH)–C–C–N with tert-alkyl or cyclic N) is 1. The van der Waals surface area contributed by atoms with Gasteiger partial charge in [-0.05, 0) is 6.42 Å². The Morgan fingerprint density at radius 2 is 2.19 bits per heavy atom. The average Bonchev–Trinajstić information content (AvgIpc) is 2.94. The van der Waals surface area contributed by atoms with Gasteiger partial charge >= 0.3 is 0 Å². The number of nitrogens with one attached hydrogen (secondary N) is 1. The summed E-state index contributed by atoms with van der Waals surface area (Å²) in [5, 5.41) is 17.7. The van der Waals surface area contributed by atoms with Crippen LogP contribution < -0.4 is 10.1 Å². The van der Waals surface area contributed by atoms with Gasteiger partial charge in [0.15, 0.2) is 0 Å². The monoisotopic (exact) mass is 296 g/mol. The molecule has 1 aliphatic heterocycles. The van der Waals surface area contributed by atoms with Gasteiger partial charge in [0.25, 0.3) is 0 Å². The number of aryl methyl sites for hydroxylation is 1. The third-order valence-electron chi connectivity index (χ3n) is 3.71. The van der Waals surface area contributed by atoms with E-state index in [0.29, 0.717) is 19.0 Å². The molecule has 120 valence electrons. The van der Waals surface area contributed by atoms with Crippen molar-refractivity contribution in [3.63, 3.8) is 0 Å². The van der Waals surface area contributed by atoms with E-state index in [1.807, 2.05) is 16.9 Å². The van der Waals surface area contributed by atoms with Crippen LogP contribution in [-0.4, -0.2) is 65.2 Å². The molecule has 0 radical (unpaired) electrons. The van der Waals surface area contributed by atoms with Crippen LogP contribution in [0.5, 0.6) is 5.88 Å². The molecule has 6 nitrogen and oxygen atoms in total. The molecule has 1 fully saturated rings. The number of hydrogen-bond acceptors (Lipinski definition) is 5. The maximum atomic E-state index is 10.0. The summed E-state index contributed by atoms with van der Waals surface area (Å²) < 4.78 is 7.48. The zero-order valence-corrected chi connectivity index (χ0v) is 13.0. The maximum Gasteiger partial charge on any atom is 0.232 e. The molecule has 1 aromatic heterocycles. The highest BCUT2D eigenvalue weighted by molar-refractivity contribution is 5.05. The van der Waals surface area contributed by atoms with Crippen LogP contribution in [0.4, 0.5) is 0 Å². The van der Waals surface area contributed by atoms with E-state index in [2.05, 4.69) is 22.2 Å². The molecule has 0 aromatic carbocycles. The van der Waals surface area contributed by atoms with Crippen LogP contribution in [0.1, 0.15) is 26.2 Å². The molecule has 21 heavy (non-hydrogen) atoms. The third-order valence-corrected chi connectivity index (χ3v) is 3.71. The number of piperazine rings is 1. The summed E-state index contributed by atoms with van der Waals surface area (Å²) in [4.78, 5) is 2.26. The van der Waals surface area contributed by atoms with Crippen LogP contribution >= 0.6 is 0 Å². The molecule has 6 heteroatoms. The van der Waals surface area contributed by atoms with Crippen molar-refractivity contribution in [1.29, 1.82) is 0 Å². The Bertz CT molecular complexity index is 391. The number of ether oxygens (including phenoxy) is 1. The summed E-state index contributed by atoms with van der Waals surface area (Å²) in [5.41, 5.74) is 0. The van der Waals surface area contributed by atoms with E-state index in [9.17, 15) is 5.11 Å². The van der Waals surface area contributed by atoms with E-state index >= 15 is 0 Å². The standard InChI is InChI=1S/C15H28N4O2/c1-2-3-4-8-19-9-5-15(17-19)21-13-14(20)12-18-10-6-16-7-11-18/h5,9,14,16,20H,2-4,6-8,10-13H2,1H3. The minimum absolute atomic E-state index is 0.301. The Hall–Kier alpha value is -1.11. The molecule has 0 spiro atoms. The van der Waals surface area contributed by atoms with Gasteiger partial charge < -0.3 is 15.2 Å². The van der Waals surface area contributed by atoms with E-state index in [1.165, 1.54) is 12.8 Å². The van der Waals surface area contributed by atoms with Crippen molar-refractivity contribution in [2.75, 3.05) is 39.3 Å². The van der Waals surface area contributed by atoms with Crippen LogP contribution in [0.25, 0.3) is 0 Å². The lowest BCUT2D eigenvalue weighted by Gasteiger charge is -2.28. The first-order valence-electron chi connectivity index (χ1n) is 8.05. The lowest BCUT2D eigenvalue weighted by Crippen LogP contribution is -2.47. The van der Waals surface area contributed by atoms with Crippen molar-refractivity contribution in [3.8, 4) is 5.88 Å². The Kier molecular flexibility index (Phi) is 6.99. The van der Waals surface area contributed by atoms with Gasteiger partial charge in [0.05, 0.1) is 0 Å². The predicted molar refractivity (Wildman–Crippen MR) is 82.6 cm³/mol. The molecule has 2 rings (SSSR count). The number of aliphatic hydroxyl groups is 1. The molecular formula is C15H28N4O2. The summed E-state index contributed by atoms with van der Waals surface area (Å²) in [6.07, 6.45) is 5.05. The summed E-state index contributed by atoms with van der Waals surface area (Å²) in [5.74, 6) is 0.603. The molecular weight excluding hydrogens is 268 g/mol. The third kappa shape index (κ3) is 6.03. The highest BCUT2D eigenvalue weighted by Gasteiger charge is 2.15. The number of aromatic nitrogens is 2. The van der Waals surface area contributed by atoms with Crippen LogP contribution in [0, 0.1) is 0 Å². The second kappa shape index (κ2) is 9.02. The fourth-order valence-electron chi connectivity index (χ4n) is 2.49. The second-order valence-electron chi connectivity index (χ2n) is 5.64. The Labute approximate surface area is 127 Å². The van der Waals surface area contributed by atoms with Gasteiger partial charge in [-0.2, -0.15) is 0 Å². The molecule has 2 heterocycles. The highest BCUT2D eigenvalue weighted by atomic mass is 16.5. The van der Waals surface area contributed by atoms with Gasteiger partial charge in [0.1, 0.15) is 12.7 Å². The van der Waals surface area contributed by atoms with Crippen molar-refractivity contribution in [3.05, 3.63) is 12.3 Å². The SMILES string of the molecule is CCCCCn1ccc(OCC(O)CN2CCNCC2)n1. The molecule has 0 amide bonds. The lowest BCUT2D eigenvalue weighted by molar-refractivity contribution is 0.0623. The first-order chi connectivity index (χ1) is 10.3. The van der Waals surface area contributed by atoms with Crippen molar-refractivity contribution in [1.82, 2.24) is 20.0 Å². The number of unbranched alkanes of at least 4 members (excludes halogenated alkanes) is 2. The molecule has 0 aliphatic carbocycles. The molecule has 1 saturated heterocycles. The first-order valence-corrected chi connectivity index (χ1v) is 8.05. The molecule has 1 aromatic rings. The van der Waals surface area contributed by atoms with E-state index in [0.717, 1.165) is 39.1 Å². The number of aliphatic hydroxyl groups excluding tert-OH is 1. The minimum atomic E-state index is -0.464. The second-order valence-corrected chi connectivity index (χ2v) is 5.64. The van der Waals surface area contributed by atoms with Crippen LogP contribution in [0.15, 0.2) is 12.3 Å². The van der Waals surface area contributed by atoms with Gasteiger partial charge in [0.2, 0.25) is 5.88 Å². The van der Waals surface area contributed by atoms with E-state index < -0.39 is 6.10 Å². The van der Waals surface area contributed by atoms with Crippen molar-refractivity contribution in [2.45, 2.75) is 38.8 Å². The van der Waals surface area contributed by atoms with Crippen molar-refractivity contribution in [2.24, 2.45) is 0 Å². The zero-order valence-electron chi connectivity index (χ0n) is 13.0. The lowest BCUT2D eigenvalue weighted by atomic mass is 10.2. The number of hydrogen-bond donors (Lipinski definition) is 2. The molecule has 0 bridgehead atoms. The van der Waals surface area contributed by atoms with Crippen molar-refractivity contribution < 1.29 is 9.84 Å². The predicted octanol–water partition coefficient (Wildman–Crippen LogP) is 0.718. The summed E-state index contributed by atoms with van der Waals surface area (Å²) in [6.45, 7) is 8.06. The minimum Gasteiger partial charge on any atom is -0.474 e.